The smallest absolute Gasteiger partial charge is 0.237 e. The van der Waals surface area contributed by atoms with Gasteiger partial charge < -0.3 is 10.6 Å². The summed E-state index contributed by atoms with van der Waals surface area (Å²) in [6, 6.07) is 6.40. The molecule has 16 heavy (non-hydrogen) atoms. The Balaban J connectivity index is 1.93. The van der Waals surface area contributed by atoms with Crippen LogP contribution in [0.25, 0.3) is 0 Å². The first-order valence-electron chi connectivity index (χ1n) is 5.96. The second kappa shape index (κ2) is 2.42. The molecule has 1 spiro atoms. The monoisotopic (exact) mass is 214 g/mol. The van der Waals surface area contributed by atoms with E-state index in [0.717, 1.165) is 37.1 Å². The molecule has 0 radical (unpaired) electrons. The molecule has 1 aromatic rings. The van der Waals surface area contributed by atoms with Crippen LogP contribution in [0.5, 0.6) is 0 Å². The zero-order valence-electron chi connectivity index (χ0n) is 9.07. The van der Waals surface area contributed by atoms with E-state index in [9.17, 15) is 4.79 Å². The lowest BCUT2D eigenvalue weighted by Crippen LogP contribution is -2.33. The molecule has 1 aromatic carbocycles. The first-order chi connectivity index (χ1) is 7.72. The third kappa shape index (κ3) is 0.872. The lowest BCUT2D eigenvalue weighted by Gasteiger charge is -2.17. The molecule has 4 rings (SSSR count). The van der Waals surface area contributed by atoms with Gasteiger partial charge in [-0.05, 0) is 43.4 Å². The van der Waals surface area contributed by atoms with E-state index in [2.05, 4.69) is 6.07 Å². The Morgan fingerprint density at radius 2 is 2.06 bits per heavy atom. The van der Waals surface area contributed by atoms with Crippen molar-refractivity contribution in [1.29, 1.82) is 0 Å². The zero-order valence-corrected chi connectivity index (χ0v) is 9.07. The van der Waals surface area contributed by atoms with Crippen molar-refractivity contribution in [3.8, 4) is 0 Å². The van der Waals surface area contributed by atoms with Gasteiger partial charge in [-0.1, -0.05) is 6.07 Å². The van der Waals surface area contributed by atoms with Gasteiger partial charge in [0.1, 0.15) is 0 Å². The van der Waals surface area contributed by atoms with Crippen molar-refractivity contribution in [1.82, 2.24) is 0 Å². The molecule has 2 aliphatic carbocycles. The topological polar surface area (TPSA) is 46.3 Å². The predicted molar refractivity (Wildman–Crippen MR) is 62.3 cm³/mol. The van der Waals surface area contributed by atoms with Crippen LogP contribution in [0.3, 0.4) is 0 Å². The molecule has 1 aliphatic heterocycles. The second-order valence-corrected chi connectivity index (χ2v) is 5.27. The highest BCUT2D eigenvalue weighted by atomic mass is 16.2. The zero-order chi connectivity index (χ0) is 10.9. The summed E-state index contributed by atoms with van der Waals surface area (Å²) < 4.78 is 0. The van der Waals surface area contributed by atoms with E-state index >= 15 is 0 Å². The number of fused-ring (bicyclic) bond motifs is 2. The van der Waals surface area contributed by atoms with Crippen LogP contribution in [0.1, 0.15) is 31.2 Å². The summed E-state index contributed by atoms with van der Waals surface area (Å²) in [5.74, 6) is 0.329. The van der Waals surface area contributed by atoms with Crippen LogP contribution in [-0.2, 0) is 10.2 Å². The third-order valence-corrected chi connectivity index (χ3v) is 4.09. The van der Waals surface area contributed by atoms with Crippen molar-refractivity contribution in [2.24, 2.45) is 0 Å². The number of rotatable bonds is 1. The number of carbonyl (C=O) groups is 1. The number of nitrogens with zero attached hydrogens (tertiary/aromatic N) is 1. The highest BCUT2D eigenvalue weighted by Gasteiger charge is 2.61. The lowest BCUT2D eigenvalue weighted by molar-refractivity contribution is -0.120. The van der Waals surface area contributed by atoms with Crippen molar-refractivity contribution in [2.45, 2.75) is 37.1 Å². The van der Waals surface area contributed by atoms with Gasteiger partial charge in [-0.25, -0.2) is 0 Å². The average molecular weight is 214 g/mol. The molecule has 3 aliphatic rings. The van der Waals surface area contributed by atoms with Gasteiger partial charge in [0.15, 0.2) is 0 Å². The number of carbonyl (C=O) groups excluding carboxylic acids is 1. The molecule has 1 heterocycles. The summed E-state index contributed by atoms with van der Waals surface area (Å²) in [6.45, 7) is 0. The summed E-state index contributed by atoms with van der Waals surface area (Å²) >= 11 is 0. The summed E-state index contributed by atoms with van der Waals surface area (Å²) in [7, 11) is 0. The molecule has 3 nitrogen and oxygen atoms in total. The van der Waals surface area contributed by atoms with Gasteiger partial charge in [-0.15, -0.1) is 0 Å². The van der Waals surface area contributed by atoms with E-state index < -0.39 is 0 Å². The van der Waals surface area contributed by atoms with E-state index in [4.69, 9.17) is 5.73 Å². The van der Waals surface area contributed by atoms with Crippen LogP contribution in [0.15, 0.2) is 18.2 Å². The van der Waals surface area contributed by atoms with Crippen LogP contribution in [0, 0.1) is 0 Å². The Bertz CT molecular complexity index is 501. The fourth-order valence-corrected chi connectivity index (χ4v) is 2.91. The lowest BCUT2D eigenvalue weighted by atomic mass is 9.98. The fraction of sp³-hybridized carbons (Fsp3) is 0.462. The van der Waals surface area contributed by atoms with Crippen molar-refractivity contribution in [3.05, 3.63) is 23.8 Å². The third-order valence-electron chi connectivity index (χ3n) is 4.09. The quantitative estimate of drug-likeness (QED) is 0.725. The molecule has 1 amide bonds. The number of amides is 1. The molecule has 82 valence electrons. The number of hydrogen-bond acceptors (Lipinski definition) is 2. The minimum atomic E-state index is -0.147. The molecule has 2 fully saturated rings. The number of anilines is 2. The van der Waals surface area contributed by atoms with Crippen molar-refractivity contribution >= 4 is 17.3 Å². The normalized spacial score (nSPS) is 25.0. The molecular weight excluding hydrogens is 200 g/mol. The maximum absolute atomic E-state index is 12.4. The van der Waals surface area contributed by atoms with E-state index in [1.54, 1.807) is 0 Å². The standard InChI is InChI=1S/C13H14N2O/c14-8-1-4-10-11(7-8)15(9-2-3-9)12(16)13(10)5-6-13/h1,4,7,9H,2-3,5-6,14H2. The molecule has 0 atom stereocenters. The molecule has 0 unspecified atom stereocenters. The summed E-state index contributed by atoms with van der Waals surface area (Å²) in [6.07, 6.45) is 4.34. The van der Waals surface area contributed by atoms with Gasteiger partial charge in [0.2, 0.25) is 5.91 Å². The first kappa shape index (κ1) is 8.62. The van der Waals surface area contributed by atoms with E-state index in [-0.39, 0.29) is 5.41 Å². The largest absolute Gasteiger partial charge is 0.399 e. The maximum atomic E-state index is 12.4. The first-order valence-corrected chi connectivity index (χ1v) is 5.96. The van der Waals surface area contributed by atoms with Gasteiger partial charge >= 0.3 is 0 Å². The summed E-state index contributed by atoms with van der Waals surface area (Å²) in [4.78, 5) is 14.4. The second-order valence-electron chi connectivity index (χ2n) is 5.27. The molecule has 2 saturated carbocycles. The molecule has 0 saturated heterocycles. The SMILES string of the molecule is Nc1ccc2c(c1)N(C1CC1)C(=O)C21CC1. The Morgan fingerprint density at radius 1 is 1.31 bits per heavy atom. The predicted octanol–water partition coefficient (Wildman–Crippen LogP) is 1.81. The van der Waals surface area contributed by atoms with Crippen LogP contribution in [0.2, 0.25) is 0 Å². The molecule has 2 N–H and O–H groups in total. The number of nitrogen functional groups attached to an aromatic ring is 1. The molecule has 0 aromatic heterocycles. The Labute approximate surface area is 94.2 Å². The maximum Gasteiger partial charge on any atom is 0.237 e. The molecule has 0 bridgehead atoms. The van der Waals surface area contributed by atoms with Gasteiger partial charge in [0.25, 0.3) is 0 Å². The highest BCUT2D eigenvalue weighted by Crippen LogP contribution is 2.59. The van der Waals surface area contributed by atoms with Gasteiger partial charge in [0, 0.05) is 11.7 Å². The number of hydrogen-bond donors (Lipinski definition) is 1. The fourth-order valence-electron chi connectivity index (χ4n) is 2.91. The van der Waals surface area contributed by atoms with Gasteiger partial charge in [0.05, 0.1) is 11.1 Å². The van der Waals surface area contributed by atoms with Crippen molar-refractivity contribution in [3.63, 3.8) is 0 Å². The van der Waals surface area contributed by atoms with Crippen molar-refractivity contribution < 1.29 is 4.79 Å². The van der Waals surface area contributed by atoms with Crippen LogP contribution < -0.4 is 10.6 Å². The van der Waals surface area contributed by atoms with Crippen LogP contribution >= 0.6 is 0 Å². The van der Waals surface area contributed by atoms with E-state index in [0.29, 0.717) is 11.9 Å². The molecular formula is C13H14N2O. The Hall–Kier alpha value is -1.51. The van der Waals surface area contributed by atoms with Gasteiger partial charge in [-0.2, -0.15) is 0 Å². The van der Waals surface area contributed by atoms with E-state index in [1.165, 1.54) is 5.56 Å². The minimum absolute atomic E-state index is 0.147. The van der Waals surface area contributed by atoms with Crippen LogP contribution in [0.4, 0.5) is 11.4 Å². The Morgan fingerprint density at radius 3 is 2.69 bits per heavy atom. The van der Waals surface area contributed by atoms with E-state index in [1.807, 2.05) is 17.0 Å². The Kier molecular flexibility index (Phi) is 1.30. The van der Waals surface area contributed by atoms with Gasteiger partial charge in [-0.3, -0.25) is 4.79 Å². The summed E-state index contributed by atoms with van der Waals surface area (Å²) in [5.41, 5.74) is 8.75. The average Bonchev–Trinajstić information content (AvgIpc) is 3.11. The number of benzene rings is 1. The summed E-state index contributed by atoms with van der Waals surface area (Å²) in [5, 5.41) is 0. The van der Waals surface area contributed by atoms with Crippen molar-refractivity contribution in [2.75, 3.05) is 10.6 Å². The minimum Gasteiger partial charge on any atom is -0.399 e. The number of nitrogens with two attached hydrogens (primary N) is 1. The highest BCUT2D eigenvalue weighted by molar-refractivity contribution is 6.11. The van der Waals surface area contributed by atoms with Crippen LogP contribution in [-0.4, -0.2) is 11.9 Å². The molecule has 3 heteroatoms.